The molecule has 25 heavy (non-hydrogen) atoms. The van der Waals surface area contributed by atoms with Gasteiger partial charge in [-0.3, -0.25) is 0 Å². The lowest BCUT2D eigenvalue weighted by molar-refractivity contribution is 0.867. The topological polar surface area (TPSA) is 50.7 Å². The highest BCUT2D eigenvalue weighted by Gasteiger charge is 2.22. The van der Waals surface area contributed by atoms with Gasteiger partial charge in [0.2, 0.25) is 5.13 Å². The van der Waals surface area contributed by atoms with E-state index in [0.717, 1.165) is 25.9 Å². The maximum absolute atomic E-state index is 4.77. The summed E-state index contributed by atoms with van der Waals surface area (Å²) < 4.78 is 0.999. The average Bonchev–Trinajstić information content (AvgIpc) is 3.11. The van der Waals surface area contributed by atoms with Crippen molar-refractivity contribution in [1.29, 1.82) is 0 Å². The lowest BCUT2D eigenvalue weighted by atomic mass is 10.0. The quantitative estimate of drug-likeness (QED) is 0.530. The Bertz CT molecular complexity index is 834. The molecule has 0 radical (unpaired) electrons. The van der Waals surface area contributed by atoms with E-state index < -0.39 is 0 Å². The maximum atomic E-state index is 4.77. The molecule has 1 N–H and O–H groups in total. The van der Waals surface area contributed by atoms with Gasteiger partial charge in [0.1, 0.15) is 5.01 Å². The van der Waals surface area contributed by atoms with Gasteiger partial charge in [-0.2, -0.15) is 0 Å². The molecule has 1 aliphatic rings. The van der Waals surface area contributed by atoms with Gasteiger partial charge in [-0.1, -0.05) is 61.2 Å². The summed E-state index contributed by atoms with van der Waals surface area (Å²) in [7, 11) is 0. The van der Waals surface area contributed by atoms with Crippen LogP contribution in [0, 0.1) is 0 Å². The molecular weight excluding hydrogens is 368 g/mol. The van der Waals surface area contributed by atoms with Crippen molar-refractivity contribution in [3.8, 4) is 10.6 Å². The molecule has 4 rings (SSSR count). The lowest BCUT2D eigenvalue weighted by Crippen LogP contribution is -1.99. The summed E-state index contributed by atoms with van der Waals surface area (Å²) in [6.07, 6.45) is 2.50. The van der Waals surface area contributed by atoms with Gasteiger partial charge in [0.15, 0.2) is 4.34 Å². The van der Waals surface area contributed by atoms with E-state index in [9.17, 15) is 0 Å². The largest absolute Gasteiger partial charge is 0.357 e. The van der Waals surface area contributed by atoms with Crippen molar-refractivity contribution >= 4 is 39.6 Å². The van der Waals surface area contributed by atoms with E-state index in [4.69, 9.17) is 4.98 Å². The minimum atomic E-state index is 0.559. The van der Waals surface area contributed by atoms with E-state index >= 15 is 0 Å². The van der Waals surface area contributed by atoms with Gasteiger partial charge >= 0.3 is 0 Å². The van der Waals surface area contributed by atoms with Crippen molar-refractivity contribution in [2.75, 3.05) is 5.32 Å². The fourth-order valence-corrected chi connectivity index (χ4v) is 5.03. The van der Waals surface area contributed by atoms with Crippen molar-refractivity contribution in [3.63, 3.8) is 0 Å². The molecule has 0 atom stereocenters. The molecule has 0 amide bonds. The molecule has 2 aromatic heterocycles. The smallest absolute Gasteiger partial charge is 0.206 e. The van der Waals surface area contributed by atoms with Gasteiger partial charge in [0.25, 0.3) is 0 Å². The summed E-state index contributed by atoms with van der Waals surface area (Å²) in [5.41, 5.74) is 3.66. The zero-order valence-electron chi connectivity index (χ0n) is 14.2. The lowest BCUT2D eigenvalue weighted by Gasteiger charge is -2.05. The fourth-order valence-electron chi connectivity index (χ4n) is 2.38. The van der Waals surface area contributed by atoms with Crippen LogP contribution in [0.1, 0.15) is 43.9 Å². The molecule has 0 spiro atoms. The van der Waals surface area contributed by atoms with E-state index in [-0.39, 0.29) is 0 Å². The fraction of sp³-hybridized carbons (Fsp3) is 0.389. The van der Waals surface area contributed by atoms with Crippen molar-refractivity contribution in [3.05, 3.63) is 40.9 Å². The molecule has 1 saturated carbocycles. The molecule has 4 nitrogen and oxygen atoms in total. The van der Waals surface area contributed by atoms with Crippen LogP contribution in [0.5, 0.6) is 0 Å². The van der Waals surface area contributed by atoms with Crippen LogP contribution in [0.4, 0.5) is 5.13 Å². The Morgan fingerprint density at radius 1 is 1.20 bits per heavy atom. The molecule has 3 aromatic rings. The van der Waals surface area contributed by atoms with Crippen LogP contribution in [-0.2, 0) is 5.75 Å². The van der Waals surface area contributed by atoms with Crippen molar-refractivity contribution < 1.29 is 0 Å². The first-order chi connectivity index (χ1) is 12.2. The minimum Gasteiger partial charge on any atom is -0.357 e. The highest BCUT2D eigenvalue weighted by atomic mass is 32.2. The predicted octanol–water partition coefficient (Wildman–Crippen LogP) is 5.65. The molecule has 2 heterocycles. The molecule has 0 unspecified atom stereocenters. The highest BCUT2D eigenvalue weighted by molar-refractivity contribution is 8.00. The first-order valence-corrected chi connectivity index (χ1v) is 11.1. The van der Waals surface area contributed by atoms with Crippen molar-refractivity contribution in [2.24, 2.45) is 0 Å². The zero-order valence-corrected chi connectivity index (χ0v) is 16.7. The first-order valence-electron chi connectivity index (χ1n) is 8.45. The third-order valence-electron chi connectivity index (χ3n) is 4.03. The number of hydrogen-bond donors (Lipinski definition) is 1. The van der Waals surface area contributed by atoms with Crippen LogP contribution in [-0.4, -0.2) is 21.2 Å². The molecule has 0 bridgehead atoms. The van der Waals surface area contributed by atoms with Crippen LogP contribution in [0.2, 0.25) is 0 Å². The Labute approximate surface area is 160 Å². The van der Waals surface area contributed by atoms with Crippen LogP contribution < -0.4 is 5.32 Å². The number of benzene rings is 1. The first kappa shape index (κ1) is 17.0. The number of thioether (sulfide) groups is 1. The molecular formula is C18H20N4S3. The number of anilines is 1. The second-order valence-electron chi connectivity index (χ2n) is 6.50. The summed E-state index contributed by atoms with van der Waals surface area (Å²) in [5, 5.41) is 16.0. The Hall–Kier alpha value is -1.44. The maximum Gasteiger partial charge on any atom is 0.206 e. The Morgan fingerprint density at radius 2 is 2.00 bits per heavy atom. The Balaban J connectivity index is 1.36. The van der Waals surface area contributed by atoms with Crippen molar-refractivity contribution in [1.82, 2.24) is 15.2 Å². The number of rotatable bonds is 7. The van der Waals surface area contributed by atoms with Gasteiger partial charge in [-0.05, 0) is 24.3 Å². The van der Waals surface area contributed by atoms with E-state index in [1.165, 1.54) is 24.0 Å². The minimum absolute atomic E-state index is 0.559. The Morgan fingerprint density at radius 3 is 2.72 bits per heavy atom. The van der Waals surface area contributed by atoms with Crippen molar-refractivity contribution in [2.45, 2.75) is 48.7 Å². The number of aromatic nitrogens is 3. The Kier molecular flexibility index (Phi) is 5.05. The van der Waals surface area contributed by atoms with Crippen LogP contribution in [0.3, 0.4) is 0 Å². The number of hydrogen-bond acceptors (Lipinski definition) is 7. The number of thiazole rings is 1. The monoisotopic (exact) mass is 388 g/mol. The third-order valence-corrected chi connectivity index (χ3v) is 6.99. The van der Waals surface area contributed by atoms with Gasteiger partial charge in [-0.15, -0.1) is 21.5 Å². The highest BCUT2D eigenvalue weighted by Crippen LogP contribution is 2.33. The normalized spacial score (nSPS) is 14.2. The van der Waals surface area contributed by atoms with Crippen LogP contribution >= 0.6 is 34.4 Å². The van der Waals surface area contributed by atoms with Gasteiger partial charge in [0.05, 0.1) is 5.69 Å². The van der Waals surface area contributed by atoms with E-state index in [1.54, 1.807) is 34.4 Å². The second-order valence-corrected chi connectivity index (χ2v) is 9.56. The third kappa shape index (κ3) is 4.40. The van der Waals surface area contributed by atoms with E-state index in [2.05, 4.69) is 59.0 Å². The SMILES string of the molecule is CC(C)c1ccc(-c2nc(CSc3nnc(NC4CC4)s3)cs2)cc1. The summed E-state index contributed by atoms with van der Waals surface area (Å²) in [4.78, 5) is 4.77. The predicted molar refractivity (Wildman–Crippen MR) is 108 cm³/mol. The summed E-state index contributed by atoms with van der Waals surface area (Å²) in [6.45, 7) is 4.43. The average molecular weight is 389 g/mol. The summed E-state index contributed by atoms with van der Waals surface area (Å²) in [6, 6.07) is 9.36. The molecule has 0 saturated heterocycles. The van der Waals surface area contributed by atoms with Gasteiger partial charge in [0, 0.05) is 22.7 Å². The summed E-state index contributed by atoms with van der Waals surface area (Å²) in [5.74, 6) is 1.39. The molecule has 7 heteroatoms. The van der Waals surface area contributed by atoms with E-state index in [0.29, 0.717) is 12.0 Å². The number of nitrogens with one attached hydrogen (secondary N) is 1. The van der Waals surface area contributed by atoms with Crippen LogP contribution in [0.15, 0.2) is 34.0 Å². The number of nitrogens with zero attached hydrogens (tertiary/aromatic N) is 3. The van der Waals surface area contributed by atoms with Gasteiger partial charge < -0.3 is 5.32 Å². The zero-order chi connectivity index (χ0) is 17.2. The molecule has 0 aliphatic heterocycles. The molecule has 1 aromatic carbocycles. The molecule has 1 fully saturated rings. The standard InChI is InChI=1S/C18H20N4S3/c1-11(2)12-3-5-13(6-4-12)16-19-15(9-23-16)10-24-18-22-21-17(25-18)20-14-7-8-14/h3-6,9,11,14H,7-8,10H2,1-2H3,(H,20,21). The van der Waals surface area contributed by atoms with Gasteiger partial charge in [-0.25, -0.2) is 4.98 Å². The molecule has 1 aliphatic carbocycles. The summed E-state index contributed by atoms with van der Waals surface area (Å²) >= 11 is 5.04. The second kappa shape index (κ2) is 7.43. The van der Waals surface area contributed by atoms with Crippen LogP contribution in [0.25, 0.3) is 10.6 Å². The van der Waals surface area contributed by atoms with E-state index in [1.807, 2.05) is 0 Å². The molecule has 130 valence electrons.